The molecule has 3 aromatic rings. The summed E-state index contributed by atoms with van der Waals surface area (Å²) in [6.45, 7) is 2.90. The van der Waals surface area contributed by atoms with E-state index in [2.05, 4.69) is 15.7 Å². The van der Waals surface area contributed by atoms with Crippen LogP contribution in [0.1, 0.15) is 21.5 Å². The predicted molar refractivity (Wildman–Crippen MR) is 111 cm³/mol. The number of benzene rings is 2. The Morgan fingerprint density at radius 2 is 1.86 bits per heavy atom. The minimum Gasteiger partial charge on any atom is -0.360 e. The Hall–Kier alpha value is -3.61. The molecule has 2 amide bonds. The lowest BCUT2D eigenvalue weighted by Crippen LogP contribution is -2.47. The summed E-state index contributed by atoms with van der Waals surface area (Å²) in [7, 11) is 0. The van der Waals surface area contributed by atoms with Gasteiger partial charge >= 0.3 is 0 Å². The average molecular weight is 389 g/mol. The summed E-state index contributed by atoms with van der Waals surface area (Å²) in [5, 5.41) is 10.0. The van der Waals surface area contributed by atoms with Gasteiger partial charge in [0.25, 0.3) is 5.91 Å². The van der Waals surface area contributed by atoms with Gasteiger partial charge in [-0.15, -0.1) is 0 Å². The molecule has 0 saturated carbocycles. The Kier molecular flexibility index (Phi) is 5.56. The second-order valence-corrected chi connectivity index (χ2v) is 7.03. The van der Waals surface area contributed by atoms with Crippen molar-refractivity contribution in [2.24, 2.45) is 0 Å². The molecule has 1 aliphatic rings. The monoisotopic (exact) mass is 389 g/mol. The number of carbonyl (C=O) groups is 2. The zero-order valence-corrected chi connectivity index (χ0v) is 16.0. The highest BCUT2D eigenvalue weighted by Gasteiger charge is 2.16. The fraction of sp³-hybridized carbons (Fsp3) is 0.227. The molecular formula is C22H23N5O2. The maximum atomic E-state index is 12.4. The molecule has 0 atom stereocenters. The Morgan fingerprint density at radius 1 is 1.07 bits per heavy atom. The molecule has 1 saturated heterocycles. The highest BCUT2D eigenvalue weighted by molar-refractivity contribution is 5.93. The lowest BCUT2D eigenvalue weighted by atomic mass is 10.1. The fourth-order valence-electron chi connectivity index (χ4n) is 3.31. The summed E-state index contributed by atoms with van der Waals surface area (Å²) in [6.07, 6.45) is 3.34. The van der Waals surface area contributed by atoms with Gasteiger partial charge in [0, 0.05) is 31.5 Å². The third kappa shape index (κ3) is 4.82. The van der Waals surface area contributed by atoms with E-state index in [0.29, 0.717) is 31.7 Å². The van der Waals surface area contributed by atoms with Crippen LogP contribution in [-0.2, 0) is 17.9 Å². The van der Waals surface area contributed by atoms with Gasteiger partial charge < -0.3 is 15.5 Å². The van der Waals surface area contributed by atoms with Gasteiger partial charge in [0.1, 0.15) is 0 Å². The first-order valence-electron chi connectivity index (χ1n) is 9.62. The van der Waals surface area contributed by atoms with Crippen LogP contribution in [0.25, 0.3) is 0 Å². The maximum absolute atomic E-state index is 12.4. The molecule has 4 rings (SSSR count). The molecule has 0 unspecified atom stereocenters. The minimum absolute atomic E-state index is 0.0420. The molecule has 0 spiro atoms. The van der Waals surface area contributed by atoms with Gasteiger partial charge in [-0.05, 0) is 23.3 Å². The number of hydrogen-bond donors (Lipinski definition) is 2. The lowest BCUT2D eigenvalue weighted by molar-refractivity contribution is -0.120. The smallest absolute Gasteiger partial charge is 0.254 e. The number of rotatable bonds is 6. The molecule has 2 N–H and O–H groups in total. The molecule has 1 fully saturated rings. The van der Waals surface area contributed by atoms with Gasteiger partial charge in [-0.1, -0.05) is 42.5 Å². The molecule has 7 nitrogen and oxygen atoms in total. The van der Waals surface area contributed by atoms with Crippen molar-refractivity contribution >= 4 is 17.5 Å². The Labute approximate surface area is 169 Å². The van der Waals surface area contributed by atoms with Crippen LogP contribution >= 0.6 is 0 Å². The number of nitrogens with one attached hydrogen (secondary N) is 2. The van der Waals surface area contributed by atoms with E-state index in [1.807, 2.05) is 59.5 Å². The van der Waals surface area contributed by atoms with Crippen LogP contribution in [0.15, 0.2) is 67.0 Å². The maximum Gasteiger partial charge on any atom is 0.254 e. The Balaban J connectivity index is 1.31. The number of piperazine rings is 1. The number of nitrogens with zero attached hydrogens (tertiary/aromatic N) is 3. The van der Waals surface area contributed by atoms with Gasteiger partial charge in [-0.2, -0.15) is 5.10 Å². The average Bonchev–Trinajstić information content (AvgIpc) is 3.22. The largest absolute Gasteiger partial charge is 0.360 e. The van der Waals surface area contributed by atoms with Crippen molar-refractivity contribution in [3.8, 4) is 0 Å². The first-order chi connectivity index (χ1) is 14.2. The zero-order chi connectivity index (χ0) is 20.1. The molecular weight excluding hydrogens is 366 g/mol. The van der Waals surface area contributed by atoms with Crippen molar-refractivity contribution in [2.45, 2.75) is 13.1 Å². The van der Waals surface area contributed by atoms with E-state index < -0.39 is 0 Å². The van der Waals surface area contributed by atoms with Crippen LogP contribution in [0.3, 0.4) is 0 Å². The number of anilines is 1. The van der Waals surface area contributed by atoms with Crippen LogP contribution in [0, 0.1) is 0 Å². The van der Waals surface area contributed by atoms with Gasteiger partial charge in [-0.25, -0.2) is 0 Å². The van der Waals surface area contributed by atoms with Crippen LogP contribution in [0.2, 0.25) is 0 Å². The zero-order valence-electron chi connectivity index (χ0n) is 16.0. The molecule has 2 aromatic carbocycles. The highest BCUT2D eigenvalue weighted by atomic mass is 16.2. The number of hydrogen-bond acceptors (Lipinski definition) is 4. The van der Waals surface area contributed by atoms with E-state index in [1.54, 1.807) is 17.1 Å². The van der Waals surface area contributed by atoms with Gasteiger partial charge in [0.15, 0.2) is 0 Å². The van der Waals surface area contributed by atoms with E-state index in [4.69, 9.17) is 0 Å². The molecule has 29 heavy (non-hydrogen) atoms. The number of aromatic nitrogens is 2. The van der Waals surface area contributed by atoms with E-state index in [0.717, 1.165) is 23.4 Å². The summed E-state index contributed by atoms with van der Waals surface area (Å²) in [4.78, 5) is 26.0. The van der Waals surface area contributed by atoms with Gasteiger partial charge in [0.05, 0.1) is 24.8 Å². The topological polar surface area (TPSA) is 79.3 Å². The van der Waals surface area contributed by atoms with E-state index in [9.17, 15) is 9.59 Å². The Bertz CT molecular complexity index is 982. The summed E-state index contributed by atoms with van der Waals surface area (Å²) >= 11 is 0. The Morgan fingerprint density at radius 3 is 2.62 bits per heavy atom. The quantitative estimate of drug-likeness (QED) is 0.674. The van der Waals surface area contributed by atoms with Crippen LogP contribution in [-0.4, -0.2) is 41.2 Å². The molecule has 0 bridgehead atoms. The number of amides is 2. The van der Waals surface area contributed by atoms with Crippen molar-refractivity contribution in [3.63, 3.8) is 0 Å². The predicted octanol–water partition coefficient (Wildman–Crippen LogP) is 1.80. The standard InChI is InChI=1S/C22H23N5O2/c28-21-16-26(11-10-23-21)20-8-6-17(7-9-20)12-24-22(29)19-13-25-27(15-19)14-18-4-2-1-3-5-18/h1-9,13,15H,10-12,14,16H2,(H,23,28)(H,24,29). The summed E-state index contributed by atoms with van der Waals surface area (Å²) in [5.74, 6) is -0.110. The third-order valence-electron chi connectivity index (χ3n) is 4.88. The van der Waals surface area contributed by atoms with Crippen LogP contribution in [0.4, 0.5) is 5.69 Å². The molecule has 0 radical (unpaired) electrons. The van der Waals surface area contributed by atoms with Gasteiger partial charge in [-0.3, -0.25) is 14.3 Å². The second-order valence-electron chi connectivity index (χ2n) is 7.03. The normalized spacial score (nSPS) is 13.8. The second kappa shape index (κ2) is 8.60. The molecule has 7 heteroatoms. The van der Waals surface area contributed by atoms with Crippen molar-refractivity contribution in [3.05, 3.63) is 83.7 Å². The lowest BCUT2D eigenvalue weighted by Gasteiger charge is -2.28. The van der Waals surface area contributed by atoms with Crippen molar-refractivity contribution < 1.29 is 9.59 Å². The summed E-state index contributed by atoms with van der Waals surface area (Å²) in [5.41, 5.74) is 3.68. The first kappa shape index (κ1) is 18.7. The van der Waals surface area contributed by atoms with Crippen LogP contribution < -0.4 is 15.5 Å². The van der Waals surface area contributed by atoms with E-state index in [1.165, 1.54) is 0 Å². The van der Waals surface area contributed by atoms with E-state index >= 15 is 0 Å². The van der Waals surface area contributed by atoms with Crippen molar-refractivity contribution in [2.75, 3.05) is 24.5 Å². The van der Waals surface area contributed by atoms with E-state index in [-0.39, 0.29) is 11.8 Å². The number of carbonyl (C=O) groups excluding carboxylic acids is 2. The molecule has 1 aromatic heterocycles. The first-order valence-corrected chi connectivity index (χ1v) is 9.62. The SMILES string of the molecule is O=C1CN(c2ccc(CNC(=O)c3cnn(Cc4ccccc4)c3)cc2)CCN1. The fourth-order valence-corrected chi connectivity index (χ4v) is 3.31. The summed E-state index contributed by atoms with van der Waals surface area (Å²) in [6, 6.07) is 17.9. The van der Waals surface area contributed by atoms with Crippen molar-refractivity contribution in [1.82, 2.24) is 20.4 Å². The van der Waals surface area contributed by atoms with Gasteiger partial charge in [0.2, 0.25) is 5.91 Å². The highest BCUT2D eigenvalue weighted by Crippen LogP contribution is 2.16. The molecule has 2 heterocycles. The molecule has 148 valence electrons. The van der Waals surface area contributed by atoms with Crippen LogP contribution in [0.5, 0.6) is 0 Å². The third-order valence-corrected chi connectivity index (χ3v) is 4.88. The molecule has 1 aliphatic heterocycles. The molecule has 0 aliphatic carbocycles. The van der Waals surface area contributed by atoms with Crippen molar-refractivity contribution in [1.29, 1.82) is 0 Å². The minimum atomic E-state index is -0.152. The summed E-state index contributed by atoms with van der Waals surface area (Å²) < 4.78 is 1.76.